The maximum Gasteiger partial charge on any atom is 0.302 e. The second-order valence-corrected chi connectivity index (χ2v) is 3.19. The third-order valence-electron chi connectivity index (χ3n) is 1.98. The summed E-state index contributed by atoms with van der Waals surface area (Å²) in [5.74, 6) is -4.97. The van der Waals surface area contributed by atoms with Crippen LogP contribution >= 0.6 is 0 Å². The van der Waals surface area contributed by atoms with Crippen molar-refractivity contribution in [2.45, 2.75) is 12.8 Å². The van der Waals surface area contributed by atoms with Crippen LogP contribution in [0.5, 0.6) is 5.75 Å². The van der Waals surface area contributed by atoms with Crippen LogP contribution in [-0.2, 0) is 5.92 Å². The van der Waals surface area contributed by atoms with Gasteiger partial charge in [-0.25, -0.2) is 4.39 Å². The zero-order valence-corrected chi connectivity index (χ0v) is 8.35. The van der Waals surface area contributed by atoms with Gasteiger partial charge in [-0.1, -0.05) is 0 Å². The largest absolute Gasteiger partial charge is 0.496 e. The number of benzene rings is 1. The Morgan fingerprint density at radius 3 is 2.47 bits per heavy atom. The highest BCUT2D eigenvalue weighted by Crippen LogP contribution is 2.37. The fourth-order valence-electron chi connectivity index (χ4n) is 1.31. The minimum absolute atomic E-state index is 0.258. The number of rotatable bonds is 3. The van der Waals surface area contributed by atoms with Gasteiger partial charge in [0, 0.05) is 0 Å². The Balaban J connectivity index is 3.39. The molecule has 15 heavy (non-hydrogen) atoms. The molecule has 1 aromatic rings. The number of ether oxygens (including phenoxy) is 1. The maximum atomic E-state index is 13.3. The summed E-state index contributed by atoms with van der Waals surface area (Å²) in [6.45, 7) is 0.107. The van der Waals surface area contributed by atoms with E-state index in [0.29, 0.717) is 5.56 Å². The Morgan fingerprint density at radius 2 is 2.00 bits per heavy atom. The average molecular weight is 220 g/mol. The third kappa shape index (κ3) is 2.23. The summed E-state index contributed by atoms with van der Waals surface area (Å²) in [6, 6.07) is 2.27. The number of aliphatic hydroxyl groups is 1. The van der Waals surface area contributed by atoms with Gasteiger partial charge in [-0.3, -0.25) is 0 Å². The summed E-state index contributed by atoms with van der Waals surface area (Å²) in [6.07, 6.45) is 0. The second kappa shape index (κ2) is 4.10. The molecule has 0 heterocycles. The summed E-state index contributed by atoms with van der Waals surface area (Å²) in [5.41, 5.74) is -0.431. The molecule has 84 valence electrons. The molecule has 5 heteroatoms. The van der Waals surface area contributed by atoms with Crippen LogP contribution in [0.25, 0.3) is 0 Å². The van der Waals surface area contributed by atoms with Gasteiger partial charge >= 0.3 is 5.92 Å². The molecule has 0 amide bonds. The topological polar surface area (TPSA) is 29.5 Å². The van der Waals surface area contributed by atoms with E-state index in [2.05, 4.69) is 4.74 Å². The van der Waals surface area contributed by atoms with Crippen molar-refractivity contribution in [3.8, 4) is 5.75 Å². The van der Waals surface area contributed by atoms with E-state index < -0.39 is 23.9 Å². The van der Waals surface area contributed by atoms with E-state index in [1.54, 1.807) is 6.92 Å². The van der Waals surface area contributed by atoms with Gasteiger partial charge in [0.2, 0.25) is 0 Å². The zero-order chi connectivity index (χ0) is 11.6. The van der Waals surface area contributed by atoms with E-state index in [1.165, 1.54) is 13.2 Å². The molecule has 0 unspecified atom stereocenters. The van der Waals surface area contributed by atoms with Crippen LogP contribution in [0, 0.1) is 12.7 Å². The SMILES string of the molecule is COc1cc(C)cc(F)c1C(F)(F)CO. The molecule has 0 saturated heterocycles. The highest BCUT2D eigenvalue weighted by Gasteiger charge is 2.37. The van der Waals surface area contributed by atoms with Gasteiger partial charge in [-0.2, -0.15) is 8.78 Å². The van der Waals surface area contributed by atoms with Gasteiger partial charge in [-0.15, -0.1) is 0 Å². The van der Waals surface area contributed by atoms with E-state index in [4.69, 9.17) is 5.11 Å². The number of hydrogen-bond donors (Lipinski definition) is 1. The van der Waals surface area contributed by atoms with E-state index in [0.717, 1.165) is 6.07 Å². The number of alkyl halides is 2. The Morgan fingerprint density at radius 1 is 1.40 bits per heavy atom. The maximum absolute atomic E-state index is 13.3. The van der Waals surface area contributed by atoms with Crippen molar-refractivity contribution in [2.75, 3.05) is 13.7 Å². The summed E-state index contributed by atoms with van der Waals surface area (Å²) >= 11 is 0. The Kier molecular flexibility index (Phi) is 3.24. The summed E-state index contributed by atoms with van der Waals surface area (Å²) in [5, 5.41) is 8.49. The fraction of sp³-hybridized carbons (Fsp3) is 0.400. The lowest BCUT2D eigenvalue weighted by molar-refractivity contribution is -0.0598. The third-order valence-corrected chi connectivity index (χ3v) is 1.98. The Labute approximate surface area is 85.3 Å². The van der Waals surface area contributed by atoms with Crippen molar-refractivity contribution < 1.29 is 23.0 Å². The highest BCUT2D eigenvalue weighted by atomic mass is 19.3. The van der Waals surface area contributed by atoms with E-state index in [9.17, 15) is 13.2 Å². The molecule has 2 nitrogen and oxygen atoms in total. The molecular weight excluding hydrogens is 209 g/mol. The van der Waals surface area contributed by atoms with Crippen LogP contribution in [0.15, 0.2) is 12.1 Å². The van der Waals surface area contributed by atoms with Gasteiger partial charge < -0.3 is 9.84 Å². The molecule has 0 aliphatic rings. The molecule has 0 atom stereocenters. The van der Waals surface area contributed by atoms with Gasteiger partial charge in [0.25, 0.3) is 0 Å². The molecule has 0 spiro atoms. The molecule has 1 aromatic carbocycles. The quantitative estimate of drug-likeness (QED) is 0.846. The van der Waals surface area contributed by atoms with Gasteiger partial charge in [-0.05, 0) is 24.6 Å². The number of hydrogen-bond acceptors (Lipinski definition) is 2. The minimum atomic E-state index is -3.64. The smallest absolute Gasteiger partial charge is 0.302 e. The predicted molar refractivity (Wildman–Crippen MR) is 48.7 cm³/mol. The van der Waals surface area contributed by atoms with Crippen LogP contribution in [-0.4, -0.2) is 18.8 Å². The van der Waals surface area contributed by atoms with Crippen molar-refractivity contribution >= 4 is 0 Å². The fourth-order valence-corrected chi connectivity index (χ4v) is 1.31. The molecular formula is C10H11F3O2. The molecule has 0 aromatic heterocycles. The second-order valence-electron chi connectivity index (χ2n) is 3.19. The molecule has 0 fully saturated rings. The van der Waals surface area contributed by atoms with Gasteiger partial charge in [0.1, 0.15) is 23.7 Å². The lowest BCUT2D eigenvalue weighted by Gasteiger charge is -2.18. The first-order chi connectivity index (χ1) is 6.92. The number of aryl methyl sites for hydroxylation is 1. The summed E-state index contributed by atoms with van der Waals surface area (Å²) in [7, 11) is 1.17. The molecule has 1 N–H and O–H groups in total. The first-order valence-electron chi connectivity index (χ1n) is 4.25. The first kappa shape index (κ1) is 11.8. The van der Waals surface area contributed by atoms with Crippen molar-refractivity contribution in [3.05, 3.63) is 29.1 Å². The van der Waals surface area contributed by atoms with Crippen LogP contribution in [0.3, 0.4) is 0 Å². The van der Waals surface area contributed by atoms with Crippen molar-refractivity contribution in [2.24, 2.45) is 0 Å². The molecule has 0 radical (unpaired) electrons. The number of halogens is 3. The standard InChI is InChI=1S/C10H11F3O2/c1-6-3-7(11)9(8(4-6)15-2)10(12,13)5-14/h3-4,14H,5H2,1-2H3. The molecule has 0 aliphatic heterocycles. The van der Waals surface area contributed by atoms with E-state index >= 15 is 0 Å². The highest BCUT2D eigenvalue weighted by molar-refractivity contribution is 5.41. The summed E-state index contributed by atoms with van der Waals surface area (Å²) < 4.78 is 44.3. The van der Waals surface area contributed by atoms with Gasteiger partial charge in [0.05, 0.1) is 7.11 Å². The van der Waals surface area contributed by atoms with Crippen molar-refractivity contribution in [1.82, 2.24) is 0 Å². The monoisotopic (exact) mass is 220 g/mol. The number of methoxy groups -OCH3 is 1. The minimum Gasteiger partial charge on any atom is -0.496 e. The lowest BCUT2D eigenvalue weighted by Crippen LogP contribution is -2.21. The average Bonchev–Trinajstić information content (AvgIpc) is 2.15. The van der Waals surface area contributed by atoms with Crippen LogP contribution in [0.2, 0.25) is 0 Å². The molecule has 0 bridgehead atoms. The molecule has 0 aliphatic carbocycles. The lowest BCUT2D eigenvalue weighted by atomic mass is 10.0. The van der Waals surface area contributed by atoms with Crippen molar-refractivity contribution in [1.29, 1.82) is 0 Å². The normalized spacial score (nSPS) is 11.6. The molecule has 0 saturated carbocycles. The van der Waals surface area contributed by atoms with Crippen LogP contribution in [0.1, 0.15) is 11.1 Å². The van der Waals surface area contributed by atoms with E-state index in [-0.39, 0.29) is 5.75 Å². The summed E-state index contributed by atoms with van der Waals surface area (Å²) in [4.78, 5) is 0. The zero-order valence-electron chi connectivity index (χ0n) is 8.35. The van der Waals surface area contributed by atoms with Crippen LogP contribution < -0.4 is 4.74 Å². The first-order valence-corrected chi connectivity index (χ1v) is 4.25. The Hall–Kier alpha value is -1.23. The van der Waals surface area contributed by atoms with Gasteiger partial charge in [0.15, 0.2) is 0 Å². The van der Waals surface area contributed by atoms with Crippen LogP contribution in [0.4, 0.5) is 13.2 Å². The Bertz CT molecular complexity index is 364. The van der Waals surface area contributed by atoms with E-state index in [1.807, 2.05) is 0 Å². The van der Waals surface area contributed by atoms with Crippen molar-refractivity contribution in [3.63, 3.8) is 0 Å². The molecule has 1 rings (SSSR count). The number of aliphatic hydroxyl groups excluding tert-OH is 1. The predicted octanol–water partition coefficient (Wildman–Crippen LogP) is 2.23.